The fourth-order valence-electron chi connectivity index (χ4n) is 2.52. The van der Waals surface area contributed by atoms with Gasteiger partial charge in [0.2, 0.25) is 5.91 Å². The largest absolute Gasteiger partial charge is 0.339 e. The van der Waals surface area contributed by atoms with E-state index in [1.807, 2.05) is 0 Å². The van der Waals surface area contributed by atoms with E-state index in [9.17, 15) is 14.0 Å². The number of benzene rings is 1. The average Bonchev–Trinajstić information content (AvgIpc) is 2.48. The Hall–Kier alpha value is -1.66. The number of hydrogen-bond acceptors (Lipinski definition) is 3. The summed E-state index contributed by atoms with van der Waals surface area (Å²) in [5.41, 5.74) is 0.410. The molecule has 1 heterocycles. The number of anilines is 1. The van der Waals surface area contributed by atoms with Crippen LogP contribution in [0.1, 0.15) is 30.1 Å². The first-order valence-electron chi connectivity index (χ1n) is 7.04. The standard InChI is InChI=1S/C15H20FN3O2.ClH/c1-10(20)18-11-3-4-14(16)13(9-11)15(21)19(2)12-5-7-17-8-6-12;/h3-4,9,12,17H,5-8H2,1-2H3,(H,18,20);1H. The van der Waals surface area contributed by atoms with Crippen molar-refractivity contribution in [1.82, 2.24) is 10.2 Å². The lowest BCUT2D eigenvalue weighted by Gasteiger charge is -2.31. The average molecular weight is 330 g/mol. The van der Waals surface area contributed by atoms with Crippen molar-refractivity contribution in [2.45, 2.75) is 25.8 Å². The maximum absolute atomic E-state index is 13.9. The van der Waals surface area contributed by atoms with Gasteiger partial charge in [-0.05, 0) is 44.1 Å². The van der Waals surface area contributed by atoms with Gasteiger partial charge >= 0.3 is 0 Å². The molecule has 0 spiro atoms. The minimum atomic E-state index is -0.574. The van der Waals surface area contributed by atoms with Crippen molar-refractivity contribution in [2.75, 3.05) is 25.5 Å². The Kier molecular flexibility index (Phi) is 6.77. The summed E-state index contributed by atoms with van der Waals surface area (Å²) >= 11 is 0. The van der Waals surface area contributed by atoms with Gasteiger partial charge in [0.05, 0.1) is 5.56 Å². The van der Waals surface area contributed by atoms with Crippen molar-refractivity contribution in [3.8, 4) is 0 Å². The third-order valence-electron chi connectivity index (χ3n) is 3.69. The summed E-state index contributed by atoms with van der Waals surface area (Å²) in [4.78, 5) is 25.1. The first kappa shape index (κ1) is 18.4. The molecule has 1 aromatic rings. The quantitative estimate of drug-likeness (QED) is 0.892. The lowest BCUT2D eigenvalue weighted by Crippen LogP contribution is -2.44. The Morgan fingerprint density at radius 3 is 2.55 bits per heavy atom. The van der Waals surface area contributed by atoms with Crippen LogP contribution < -0.4 is 10.6 Å². The van der Waals surface area contributed by atoms with E-state index in [0.29, 0.717) is 5.69 Å². The molecule has 0 aliphatic carbocycles. The van der Waals surface area contributed by atoms with Gasteiger partial charge in [0.1, 0.15) is 5.82 Å². The molecule has 0 radical (unpaired) electrons. The highest BCUT2D eigenvalue weighted by atomic mass is 35.5. The van der Waals surface area contributed by atoms with Gasteiger partial charge in [-0.2, -0.15) is 0 Å². The summed E-state index contributed by atoms with van der Waals surface area (Å²) in [5, 5.41) is 5.79. The molecule has 1 aromatic carbocycles. The molecule has 1 aliphatic heterocycles. The minimum absolute atomic E-state index is 0. The first-order valence-corrected chi connectivity index (χ1v) is 7.04. The minimum Gasteiger partial charge on any atom is -0.339 e. The Balaban J connectivity index is 0.00000242. The summed E-state index contributed by atoms with van der Waals surface area (Å²) in [5.74, 6) is -1.19. The van der Waals surface area contributed by atoms with Gasteiger partial charge in [0.15, 0.2) is 0 Å². The Morgan fingerprint density at radius 2 is 1.95 bits per heavy atom. The van der Waals surface area contributed by atoms with E-state index >= 15 is 0 Å². The smallest absolute Gasteiger partial charge is 0.256 e. The molecule has 5 nitrogen and oxygen atoms in total. The zero-order chi connectivity index (χ0) is 15.4. The van der Waals surface area contributed by atoms with Crippen molar-refractivity contribution in [1.29, 1.82) is 0 Å². The van der Waals surface area contributed by atoms with Crippen molar-refractivity contribution in [3.63, 3.8) is 0 Å². The lowest BCUT2D eigenvalue weighted by molar-refractivity contribution is -0.114. The second-order valence-electron chi connectivity index (χ2n) is 5.27. The highest BCUT2D eigenvalue weighted by Gasteiger charge is 2.24. The molecular weight excluding hydrogens is 309 g/mol. The van der Waals surface area contributed by atoms with Gasteiger partial charge in [-0.1, -0.05) is 0 Å². The van der Waals surface area contributed by atoms with Crippen LogP contribution in [0.3, 0.4) is 0 Å². The third-order valence-corrected chi connectivity index (χ3v) is 3.69. The summed E-state index contributed by atoms with van der Waals surface area (Å²) < 4.78 is 13.9. The van der Waals surface area contributed by atoms with Gasteiger partial charge in [-0.3, -0.25) is 9.59 Å². The number of amides is 2. The van der Waals surface area contributed by atoms with E-state index in [0.717, 1.165) is 25.9 Å². The van der Waals surface area contributed by atoms with Crippen LogP contribution in [0, 0.1) is 5.82 Å². The third kappa shape index (κ3) is 4.42. The molecule has 0 unspecified atom stereocenters. The molecule has 0 saturated carbocycles. The van der Waals surface area contributed by atoms with Crippen LogP contribution in [0.2, 0.25) is 0 Å². The summed E-state index contributed by atoms with van der Waals surface area (Å²) in [6.07, 6.45) is 1.71. The van der Waals surface area contributed by atoms with E-state index < -0.39 is 5.82 Å². The van der Waals surface area contributed by atoms with Gasteiger partial charge in [-0.25, -0.2) is 4.39 Å². The van der Waals surface area contributed by atoms with E-state index in [4.69, 9.17) is 0 Å². The van der Waals surface area contributed by atoms with Crippen LogP contribution in [0.15, 0.2) is 18.2 Å². The topological polar surface area (TPSA) is 61.4 Å². The van der Waals surface area contributed by atoms with E-state index in [1.165, 1.54) is 25.1 Å². The molecule has 0 aromatic heterocycles. The zero-order valence-corrected chi connectivity index (χ0v) is 13.5. The Bertz CT molecular complexity index is 548. The number of hydrogen-bond donors (Lipinski definition) is 2. The molecule has 2 N–H and O–H groups in total. The van der Waals surface area contributed by atoms with Gasteiger partial charge in [0, 0.05) is 25.7 Å². The molecule has 122 valence electrons. The number of piperidine rings is 1. The van der Waals surface area contributed by atoms with Crippen LogP contribution in [0.25, 0.3) is 0 Å². The Morgan fingerprint density at radius 1 is 1.32 bits per heavy atom. The monoisotopic (exact) mass is 329 g/mol. The van der Waals surface area contributed by atoms with E-state index in [2.05, 4.69) is 10.6 Å². The fourth-order valence-corrected chi connectivity index (χ4v) is 2.52. The maximum Gasteiger partial charge on any atom is 0.256 e. The van der Waals surface area contributed by atoms with Crippen LogP contribution in [0.5, 0.6) is 0 Å². The van der Waals surface area contributed by atoms with Crippen LogP contribution >= 0.6 is 12.4 Å². The number of carbonyl (C=O) groups excluding carboxylic acids is 2. The van der Waals surface area contributed by atoms with Crippen LogP contribution in [-0.2, 0) is 4.79 Å². The van der Waals surface area contributed by atoms with Crippen LogP contribution in [-0.4, -0.2) is 42.9 Å². The lowest BCUT2D eigenvalue weighted by atomic mass is 10.0. The summed E-state index contributed by atoms with van der Waals surface area (Å²) in [6, 6.07) is 4.14. The highest BCUT2D eigenvalue weighted by Crippen LogP contribution is 2.19. The predicted octanol–water partition coefficient (Wildman–Crippen LogP) is 2.03. The summed E-state index contributed by atoms with van der Waals surface area (Å²) in [7, 11) is 1.70. The van der Waals surface area contributed by atoms with Crippen LogP contribution in [0.4, 0.5) is 10.1 Å². The molecular formula is C15H21ClFN3O2. The molecule has 22 heavy (non-hydrogen) atoms. The second kappa shape index (κ2) is 8.10. The highest BCUT2D eigenvalue weighted by molar-refractivity contribution is 5.97. The predicted molar refractivity (Wildman–Crippen MR) is 85.9 cm³/mol. The van der Waals surface area contributed by atoms with Gasteiger partial charge < -0.3 is 15.5 Å². The molecule has 7 heteroatoms. The van der Waals surface area contributed by atoms with Crippen molar-refractivity contribution in [3.05, 3.63) is 29.6 Å². The van der Waals surface area contributed by atoms with E-state index in [-0.39, 0.29) is 35.8 Å². The normalized spacial score (nSPS) is 14.9. The molecule has 2 rings (SSSR count). The number of nitrogens with zero attached hydrogens (tertiary/aromatic N) is 1. The molecule has 0 bridgehead atoms. The number of nitrogens with one attached hydrogen (secondary N) is 2. The SMILES string of the molecule is CC(=O)Nc1ccc(F)c(C(=O)N(C)C2CCNCC2)c1.Cl. The molecule has 2 amide bonds. The Labute approximate surface area is 135 Å². The molecule has 1 fully saturated rings. The van der Waals surface area contributed by atoms with Gasteiger partial charge in [0.25, 0.3) is 5.91 Å². The fraction of sp³-hybridized carbons (Fsp3) is 0.467. The molecule has 0 atom stereocenters. The number of rotatable bonds is 3. The van der Waals surface area contributed by atoms with E-state index in [1.54, 1.807) is 11.9 Å². The van der Waals surface area contributed by atoms with Crippen molar-refractivity contribution >= 4 is 29.9 Å². The van der Waals surface area contributed by atoms with Crippen molar-refractivity contribution < 1.29 is 14.0 Å². The van der Waals surface area contributed by atoms with Crippen molar-refractivity contribution in [2.24, 2.45) is 0 Å². The zero-order valence-electron chi connectivity index (χ0n) is 12.7. The number of halogens is 2. The second-order valence-corrected chi connectivity index (χ2v) is 5.27. The number of carbonyl (C=O) groups is 2. The summed E-state index contributed by atoms with van der Waals surface area (Å²) in [6.45, 7) is 3.08. The first-order chi connectivity index (χ1) is 9.99. The van der Waals surface area contributed by atoms with Gasteiger partial charge in [-0.15, -0.1) is 12.4 Å². The maximum atomic E-state index is 13.9. The molecule has 1 aliphatic rings. The molecule has 1 saturated heterocycles.